The number of carbonyl (C=O) groups excluding carboxylic acids is 2. The zero-order valence-electron chi connectivity index (χ0n) is 13.4. The summed E-state index contributed by atoms with van der Waals surface area (Å²) in [6, 6.07) is 5.67. The van der Waals surface area contributed by atoms with Crippen LogP contribution in [0.3, 0.4) is 0 Å². The first-order valence-electron chi connectivity index (χ1n) is 7.92. The molecule has 0 aromatic heterocycles. The molecule has 0 radical (unpaired) electrons. The average molecular weight is 340 g/mol. The molecular weight excluding hydrogens is 324 g/mol. The highest BCUT2D eigenvalue weighted by Gasteiger charge is 2.41. The van der Waals surface area contributed by atoms with Gasteiger partial charge in [0.25, 0.3) is 0 Å². The molecule has 0 heterocycles. The molecule has 0 aliphatic heterocycles. The average Bonchev–Trinajstić information content (AvgIpc) is 2.50. The number of aromatic hydroxyl groups is 2. The Morgan fingerprint density at radius 3 is 2.52 bits per heavy atom. The van der Waals surface area contributed by atoms with Crippen LogP contribution in [0, 0.1) is 0 Å². The summed E-state index contributed by atoms with van der Waals surface area (Å²) >= 11 is 0. The minimum absolute atomic E-state index is 0.0102. The van der Waals surface area contributed by atoms with Gasteiger partial charge in [-0.15, -0.1) is 0 Å². The first-order valence-corrected chi connectivity index (χ1v) is 7.92. The Bertz CT molecular complexity index is 957. The minimum Gasteiger partial charge on any atom is -0.507 e. The number of phenols is 2. The highest BCUT2D eigenvalue weighted by molar-refractivity contribution is 6.30. The van der Waals surface area contributed by atoms with Gasteiger partial charge < -0.3 is 20.4 Å². The van der Waals surface area contributed by atoms with E-state index in [1.807, 2.05) is 0 Å². The summed E-state index contributed by atoms with van der Waals surface area (Å²) in [6.45, 7) is 1.57. The van der Waals surface area contributed by atoms with Gasteiger partial charge in [0, 0.05) is 29.5 Å². The number of aliphatic hydroxyl groups is 2. The molecule has 25 heavy (non-hydrogen) atoms. The predicted molar refractivity (Wildman–Crippen MR) is 87.0 cm³/mol. The number of hydrogen-bond donors (Lipinski definition) is 4. The predicted octanol–water partition coefficient (Wildman–Crippen LogP) is 1.60. The molecule has 0 unspecified atom stereocenters. The van der Waals surface area contributed by atoms with Gasteiger partial charge in [-0.1, -0.05) is 12.1 Å². The highest BCUT2D eigenvalue weighted by Crippen LogP contribution is 2.46. The van der Waals surface area contributed by atoms with E-state index in [2.05, 4.69) is 0 Å². The maximum absolute atomic E-state index is 12.8. The van der Waals surface area contributed by atoms with Gasteiger partial charge in [0.05, 0.1) is 22.8 Å². The third-order valence-corrected chi connectivity index (χ3v) is 4.95. The van der Waals surface area contributed by atoms with Gasteiger partial charge in [0.2, 0.25) is 5.78 Å². The molecule has 128 valence electrons. The normalized spacial score (nSPS) is 24.5. The second kappa shape index (κ2) is 4.91. The number of benzene rings is 2. The van der Waals surface area contributed by atoms with Crippen molar-refractivity contribution in [2.45, 2.75) is 31.5 Å². The van der Waals surface area contributed by atoms with E-state index in [1.165, 1.54) is 24.3 Å². The Morgan fingerprint density at radius 1 is 1.08 bits per heavy atom. The van der Waals surface area contributed by atoms with Crippen molar-refractivity contribution in [2.75, 3.05) is 0 Å². The third kappa shape index (κ3) is 2.11. The summed E-state index contributed by atoms with van der Waals surface area (Å²) in [5.41, 5.74) is -0.851. The van der Waals surface area contributed by atoms with E-state index in [9.17, 15) is 30.0 Å². The van der Waals surface area contributed by atoms with Crippen LogP contribution in [0.2, 0.25) is 0 Å². The molecule has 0 spiro atoms. The van der Waals surface area contributed by atoms with Gasteiger partial charge in [-0.25, -0.2) is 0 Å². The summed E-state index contributed by atoms with van der Waals surface area (Å²) in [4.78, 5) is 25.6. The maximum atomic E-state index is 12.8. The van der Waals surface area contributed by atoms with Crippen LogP contribution in [0.25, 0.3) is 0 Å². The monoisotopic (exact) mass is 340 g/mol. The second-order valence-electron chi connectivity index (χ2n) is 6.97. The first kappa shape index (κ1) is 15.8. The lowest BCUT2D eigenvalue weighted by molar-refractivity contribution is -0.00831. The molecule has 6 nitrogen and oxygen atoms in total. The van der Waals surface area contributed by atoms with E-state index in [0.717, 1.165) is 0 Å². The quantitative estimate of drug-likeness (QED) is 0.494. The van der Waals surface area contributed by atoms with E-state index >= 15 is 0 Å². The summed E-state index contributed by atoms with van der Waals surface area (Å²) in [7, 11) is 0. The van der Waals surface area contributed by atoms with E-state index < -0.39 is 29.0 Å². The van der Waals surface area contributed by atoms with E-state index in [1.54, 1.807) is 6.92 Å². The molecule has 0 bridgehead atoms. The van der Waals surface area contributed by atoms with Crippen molar-refractivity contribution in [3.63, 3.8) is 0 Å². The van der Waals surface area contributed by atoms with Crippen LogP contribution in [-0.4, -0.2) is 37.6 Å². The number of carbonyl (C=O) groups is 2. The zero-order valence-corrected chi connectivity index (χ0v) is 13.4. The lowest BCUT2D eigenvalue weighted by Gasteiger charge is -2.35. The summed E-state index contributed by atoms with van der Waals surface area (Å²) in [6.07, 6.45) is -0.997. The van der Waals surface area contributed by atoms with Crippen molar-refractivity contribution in [3.8, 4) is 11.5 Å². The smallest absolute Gasteiger partial charge is 0.201 e. The van der Waals surface area contributed by atoms with Crippen molar-refractivity contribution in [1.82, 2.24) is 0 Å². The fourth-order valence-electron chi connectivity index (χ4n) is 3.90. The number of rotatable bonds is 0. The molecule has 0 saturated heterocycles. The molecule has 0 amide bonds. The molecule has 4 rings (SSSR count). The van der Waals surface area contributed by atoms with E-state index in [0.29, 0.717) is 5.56 Å². The summed E-state index contributed by atoms with van der Waals surface area (Å²) in [5.74, 6) is -1.93. The summed E-state index contributed by atoms with van der Waals surface area (Å²) < 4.78 is 0. The molecular formula is C19H16O6. The fourth-order valence-corrected chi connectivity index (χ4v) is 3.90. The van der Waals surface area contributed by atoms with Crippen molar-refractivity contribution in [3.05, 3.63) is 57.6 Å². The largest absolute Gasteiger partial charge is 0.507 e. The van der Waals surface area contributed by atoms with Crippen molar-refractivity contribution in [1.29, 1.82) is 0 Å². The van der Waals surface area contributed by atoms with Crippen LogP contribution >= 0.6 is 0 Å². The lowest BCUT2D eigenvalue weighted by Crippen LogP contribution is -2.35. The molecule has 4 N–H and O–H groups in total. The number of hydrogen-bond acceptors (Lipinski definition) is 6. The molecule has 2 aliphatic carbocycles. The Labute approximate surface area is 143 Å². The summed E-state index contributed by atoms with van der Waals surface area (Å²) in [5, 5.41) is 41.2. The van der Waals surface area contributed by atoms with E-state index in [4.69, 9.17) is 0 Å². The standard InChI is InChI=1S/C19H16O6/c1-19(25)6-8-5-10-15(17(23)13(8)12(21)7-19)18(24)14-9(16(10)22)3-2-4-11(14)20/h2-5,12,20-21,23,25H,6-7H2,1H3/t12-,19-/m0/s1. The Morgan fingerprint density at radius 2 is 1.80 bits per heavy atom. The Kier molecular flexibility index (Phi) is 3.10. The van der Waals surface area contributed by atoms with Crippen LogP contribution in [0.5, 0.6) is 11.5 Å². The topological polar surface area (TPSA) is 115 Å². The number of fused-ring (bicyclic) bond motifs is 3. The SMILES string of the molecule is C[C@]1(O)Cc2cc3c(c(O)c2[C@@H](O)C1)C(=O)c1c(O)cccc1C3=O. The van der Waals surface area contributed by atoms with Crippen LogP contribution in [0.15, 0.2) is 24.3 Å². The molecule has 2 aliphatic rings. The lowest BCUT2D eigenvalue weighted by atomic mass is 9.74. The Hall–Kier alpha value is -2.70. The molecule has 2 aromatic rings. The molecule has 0 fully saturated rings. The van der Waals surface area contributed by atoms with Crippen LogP contribution in [0.4, 0.5) is 0 Å². The molecule has 0 saturated carbocycles. The van der Waals surface area contributed by atoms with Crippen molar-refractivity contribution in [2.24, 2.45) is 0 Å². The van der Waals surface area contributed by atoms with E-state index in [-0.39, 0.29) is 46.4 Å². The number of ketones is 2. The van der Waals surface area contributed by atoms with Gasteiger partial charge >= 0.3 is 0 Å². The highest BCUT2D eigenvalue weighted by atomic mass is 16.3. The second-order valence-corrected chi connectivity index (χ2v) is 6.97. The van der Waals surface area contributed by atoms with Crippen molar-refractivity contribution >= 4 is 11.6 Å². The van der Waals surface area contributed by atoms with Gasteiger partial charge in [0.15, 0.2) is 5.78 Å². The zero-order chi connectivity index (χ0) is 18.1. The molecule has 6 heteroatoms. The minimum atomic E-state index is -1.18. The van der Waals surface area contributed by atoms with Crippen molar-refractivity contribution < 1.29 is 30.0 Å². The molecule has 2 aromatic carbocycles. The van der Waals surface area contributed by atoms with Gasteiger partial charge in [-0.2, -0.15) is 0 Å². The molecule has 2 atom stereocenters. The first-order chi connectivity index (χ1) is 11.7. The maximum Gasteiger partial charge on any atom is 0.201 e. The Balaban J connectivity index is 2.01. The van der Waals surface area contributed by atoms with Crippen LogP contribution in [0.1, 0.15) is 62.4 Å². The third-order valence-electron chi connectivity index (χ3n) is 4.95. The fraction of sp³-hybridized carbons (Fsp3) is 0.263. The van der Waals surface area contributed by atoms with Crippen LogP contribution in [-0.2, 0) is 6.42 Å². The number of phenolic OH excluding ortho intramolecular Hbond substituents is 2. The van der Waals surface area contributed by atoms with Gasteiger partial charge in [-0.05, 0) is 24.6 Å². The van der Waals surface area contributed by atoms with Crippen LogP contribution < -0.4 is 0 Å². The van der Waals surface area contributed by atoms with Gasteiger partial charge in [0.1, 0.15) is 11.5 Å². The van der Waals surface area contributed by atoms with Gasteiger partial charge in [-0.3, -0.25) is 9.59 Å². The number of aliphatic hydroxyl groups excluding tert-OH is 1.